The van der Waals surface area contributed by atoms with Gasteiger partial charge in [-0.3, -0.25) is 5.43 Å². The second kappa shape index (κ2) is 7.64. The van der Waals surface area contributed by atoms with Crippen molar-refractivity contribution in [1.29, 1.82) is 0 Å². The monoisotopic (exact) mass is 334 g/mol. The molecule has 0 bridgehead atoms. The van der Waals surface area contributed by atoms with Crippen molar-refractivity contribution in [2.45, 2.75) is 0 Å². The number of benzene rings is 2. The molecule has 0 atom stereocenters. The van der Waals surface area contributed by atoms with Crippen molar-refractivity contribution in [2.75, 3.05) is 5.43 Å². The second-order valence-electron chi connectivity index (χ2n) is 4.31. The van der Waals surface area contributed by atoms with Crippen molar-refractivity contribution < 1.29 is 9.90 Å². The molecule has 0 aliphatic carbocycles. The van der Waals surface area contributed by atoms with Gasteiger partial charge in [0.25, 0.3) is 0 Å². The molecule has 4 nitrogen and oxygen atoms in total. The number of hydrogen-bond donors (Lipinski definition) is 2. The molecule has 0 aromatic heterocycles. The van der Waals surface area contributed by atoms with E-state index in [0.29, 0.717) is 10.7 Å². The van der Waals surface area contributed by atoms with Crippen molar-refractivity contribution in [2.24, 2.45) is 5.10 Å². The van der Waals surface area contributed by atoms with E-state index in [9.17, 15) is 4.79 Å². The van der Waals surface area contributed by atoms with Gasteiger partial charge in [-0.15, -0.1) is 0 Å². The number of nitrogens with zero attached hydrogens (tertiary/aromatic N) is 1. The van der Waals surface area contributed by atoms with E-state index < -0.39 is 5.97 Å². The van der Waals surface area contributed by atoms with E-state index in [1.165, 1.54) is 18.3 Å². The zero-order valence-corrected chi connectivity index (χ0v) is 12.8. The first-order valence-electron chi connectivity index (χ1n) is 6.30. The third-order valence-corrected chi connectivity index (χ3v) is 3.22. The predicted molar refractivity (Wildman–Crippen MR) is 90.8 cm³/mol. The first-order chi connectivity index (χ1) is 10.6. The van der Waals surface area contributed by atoms with Gasteiger partial charge in [-0.1, -0.05) is 53.5 Å². The molecule has 2 N–H and O–H groups in total. The van der Waals surface area contributed by atoms with Gasteiger partial charge in [-0.25, -0.2) is 4.79 Å². The molecule has 2 aromatic carbocycles. The molecule has 0 aliphatic heterocycles. The fourth-order valence-electron chi connectivity index (χ4n) is 1.67. The summed E-state index contributed by atoms with van der Waals surface area (Å²) < 4.78 is 0. The van der Waals surface area contributed by atoms with Gasteiger partial charge in [-0.05, 0) is 29.8 Å². The fraction of sp³-hybridized carbons (Fsp3) is 0. The summed E-state index contributed by atoms with van der Waals surface area (Å²) >= 11 is 11.8. The van der Waals surface area contributed by atoms with E-state index >= 15 is 0 Å². The Bertz CT molecular complexity index is 728. The Labute approximate surface area is 137 Å². The van der Waals surface area contributed by atoms with E-state index in [1.807, 2.05) is 30.3 Å². The predicted octanol–water partition coefficient (Wildman–Crippen LogP) is 4.72. The molecular formula is C16H12Cl2N2O2. The van der Waals surface area contributed by atoms with E-state index in [-0.39, 0.29) is 10.6 Å². The van der Waals surface area contributed by atoms with Crippen LogP contribution in [0.15, 0.2) is 58.7 Å². The number of carboxylic acid groups (broad SMARTS) is 1. The molecule has 112 valence electrons. The summed E-state index contributed by atoms with van der Waals surface area (Å²) in [5, 5.41) is 13.6. The quantitative estimate of drug-likeness (QED) is 0.614. The first-order valence-corrected chi connectivity index (χ1v) is 7.06. The Morgan fingerprint density at radius 1 is 1.18 bits per heavy atom. The Balaban J connectivity index is 2.05. The van der Waals surface area contributed by atoms with Gasteiger partial charge in [0.15, 0.2) is 0 Å². The lowest BCUT2D eigenvalue weighted by Gasteiger charge is -2.03. The highest BCUT2D eigenvalue weighted by Gasteiger charge is 2.08. The summed E-state index contributed by atoms with van der Waals surface area (Å²) in [5.41, 5.74) is 4.17. The average molecular weight is 335 g/mol. The van der Waals surface area contributed by atoms with Gasteiger partial charge in [-0.2, -0.15) is 5.10 Å². The van der Waals surface area contributed by atoms with Crippen LogP contribution < -0.4 is 5.43 Å². The Morgan fingerprint density at radius 3 is 2.59 bits per heavy atom. The van der Waals surface area contributed by atoms with E-state index in [0.717, 1.165) is 5.56 Å². The lowest BCUT2D eigenvalue weighted by molar-refractivity contribution is 0.0697. The summed E-state index contributed by atoms with van der Waals surface area (Å²) in [6.45, 7) is 0. The van der Waals surface area contributed by atoms with Gasteiger partial charge in [0.1, 0.15) is 0 Å². The van der Waals surface area contributed by atoms with Crippen LogP contribution in [0.2, 0.25) is 5.02 Å². The van der Waals surface area contributed by atoms with Crippen molar-refractivity contribution in [3.63, 3.8) is 0 Å². The molecule has 0 heterocycles. The summed E-state index contributed by atoms with van der Waals surface area (Å²) in [6, 6.07) is 14.1. The maximum absolute atomic E-state index is 11.0. The maximum atomic E-state index is 11.0. The number of nitrogens with one attached hydrogen (secondary N) is 1. The van der Waals surface area contributed by atoms with Gasteiger partial charge >= 0.3 is 5.97 Å². The van der Waals surface area contributed by atoms with Crippen molar-refractivity contribution >= 4 is 47.1 Å². The summed E-state index contributed by atoms with van der Waals surface area (Å²) in [7, 11) is 0. The topological polar surface area (TPSA) is 61.7 Å². The zero-order chi connectivity index (χ0) is 15.9. The van der Waals surface area contributed by atoms with Crippen LogP contribution >= 0.6 is 23.2 Å². The van der Waals surface area contributed by atoms with E-state index in [2.05, 4.69) is 10.5 Å². The Morgan fingerprint density at radius 2 is 1.91 bits per heavy atom. The van der Waals surface area contributed by atoms with Crippen LogP contribution in [0.3, 0.4) is 0 Å². The molecule has 0 unspecified atom stereocenters. The highest BCUT2D eigenvalue weighted by molar-refractivity contribution is 6.41. The third kappa shape index (κ3) is 4.62. The summed E-state index contributed by atoms with van der Waals surface area (Å²) in [5.74, 6) is -1.10. The Hall–Kier alpha value is -2.30. The lowest BCUT2D eigenvalue weighted by Crippen LogP contribution is -1.99. The number of carbonyl (C=O) groups is 1. The van der Waals surface area contributed by atoms with Crippen LogP contribution in [0.5, 0.6) is 0 Å². The molecule has 6 heteroatoms. The minimum absolute atomic E-state index is 0.00721. The number of hydrogen-bond acceptors (Lipinski definition) is 3. The molecule has 22 heavy (non-hydrogen) atoms. The van der Waals surface area contributed by atoms with Crippen molar-refractivity contribution in [3.8, 4) is 0 Å². The maximum Gasteiger partial charge on any atom is 0.337 e. The molecule has 0 saturated heterocycles. The highest BCUT2D eigenvalue weighted by Crippen LogP contribution is 2.20. The molecule has 0 amide bonds. The number of hydrazone groups is 1. The molecule has 2 rings (SSSR count). The molecule has 0 aliphatic rings. The standard InChI is InChI=1S/C16H12Cl2N2O2/c17-12(8-11-4-2-1-3-5-11)10-19-20-13-6-7-15(18)14(9-13)16(21)22/h1-10,20H,(H,21,22)/b12-8+,19-10?. The highest BCUT2D eigenvalue weighted by atomic mass is 35.5. The van der Waals surface area contributed by atoms with E-state index in [1.54, 1.807) is 12.1 Å². The van der Waals surface area contributed by atoms with Crippen molar-refractivity contribution in [1.82, 2.24) is 0 Å². The van der Waals surface area contributed by atoms with Crippen LogP contribution in [-0.4, -0.2) is 17.3 Å². The normalized spacial score (nSPS) is 11.6. The van der Waals surface area contributed by atoms with Crippen LogP contribution in [0.1, 0.15) is 15.9 Å². The SMILES string of the molecule is O=C(O)c1cc(NN=C/C(Cl)=C\c2ccccc2)ccc1Cl. The minimum Gasteiger partial charge on any atom is -0.478 e. The number of rotatable bonds is 5. The third-order valence-electron chi connectivity index (χ3n) is 2.68. The van der Waals surface area contributed by atoms with Crippen molar-refractivity contribution in [3.05, 3.63) is 69.7 Å². The molecule has 0 fully saturated rings. The lowest BCUT2D eigenvalue weighted by atomic mass is 10.2. The first kappa shape index (κ1) is 16.1. The number of anilines is 1. The smallest absolute Gasteiger partial charge is 0.337 e. The molecule has 0 spiro atoms. The molecule has 2 aromatic rings. The van der Waals surface area contributed by atoms with Gasteiger partial charge in [0.2, 0.25) is 0 Å². The van der Waals surface area contributed by atoms with Crippen LogP contribution in [0, 0.1) is 0 Å². The number of halogens is 2. The molecule has 0 saturated carbocycles. The fourth-order valence-corrected chi connectivity index (χ4v) is 2.05. The van der Waals surface area contributed by atoms with Gasteiger partial charge in [0, 0.05) is 0 Å². The summed E-state index contributed by atoms with van der Waals surface area (Å²) in [6.07, 6.45) is 3.20. The Kier molecular flexibility index (Phi) is 5.58. The minimum atomic E-state index is -1.10. The molecule has 0 radical (unpaired) electrons. The largest absolute Gasteiger partial charge is 0.478 e. The van der Waals surface area contributed by atoms with Crippen LogP contribution in [0.4, 0.5) is 5.69 Å². The number of carboxylic acids is 1. The zero-order valence-electron chi connectivity index (χ0n) is 11.3. The second-order valence-corrected chi connectivity index (χ2v) is 5.15. The van der Waals surface area contributed by atoms with E-state index in [4.69, 9.17) is 28.3 Å². The van der Waals surface area contributed by atoms with Gasteiger partial charge < -0.3 is 5.11 Å². The van der Waals surface area contributed by atoms with Crippen LogP contribution in [0.25, 0.3) is 6.08 Å². The van der Waals surface area contributed by atoms with Gasteiger partial charge in [0.05, 0.1) is 27.5 Å². The summed E-state index contributed by atoms with van der Waals surface area (Å²) in [4.78, 5) is 11.0. The number of allylic oxidation sites excluding steroid dienone is 1. The van der Waals surface area contributed by atoms with Crippen LogP contribution in [-0.2, 0) is 0 Å². The number of aromatic carboxylic acids is 1. The molecular weight excluding hydrogens is 323 g/mol. The average Bonchev–Trinajstić information content (AvgIpc) is 2.49.